The van der Waals surface area contributed by atoms with E-state index in [2.05, 4.69) is 60.9 Å². The molecule has 0 bridgehead atoms. The molecule has 1 unspecified atom stereocenters. The van der Waals surface area contributed by atoms with Gasteiger partial charge in [0.25, 0.3) is 0 Å². The van der Waals surface area contributed by atoms with Crippen molar-refractivity contribution in [2.75, 3.05) is 0 Å². The number of rotatable bonds is 4. The predicted molar refractivity (Wildman–Crippen MR) is 78.4 cm³/mol. The maximum atomic E-state index is 3.67. The summed E-state index contributed by atoms with van der Waals surface area (Å²) in [6, 6.07) is 20.7. The molecule has 0 N–H and O–H groups in total. The van der Waals surface area contributed by atoms with Gasteiger partial charge in [-0.2, -0.15) is 0 Å². The van der Waals surface area contributed by atoms with Gasteiger partial charge in [-0.05, 0) is 17.2 Å². The first-order valence-electron chi connectivity index (χ1n) is 6.04. The largest absolute Gasteiger partial charge is 0.132 e. The highest BCUT2D eigenvalue weighted by atomic mass is 14.1. The van der Waals surface area contributed by atoms with Crippen molar-refractivity contribution in [2.24, 2.45) is 0 Å². The van der Waals surface area contributed by atoms with Crippen molar-refractivity contribution >= 4 is 6.08 Å². The Morgan fingerprint density at radius 3 is 2.11 bits per heavy atom. The Morgan fingerprint density at radius 1 is 0.889 bits per heavy atom. The molecule has 0 saturated carbocycles. The topological polar surface area (TPSA) is 0 Å². The van der Waals surface area contributed by atoms with E-state index < -0.39 is 0 Å². The summed E-state index contributed by atoms with van der Waals surface area (Å²) in [6.07, 6.45) is 6.28. The lowest BCUT2D eigenvalue weighted by Crippen LogP contribution is -1.89. The van der Waals surface area contributed by atoms with Crippen LogP contribution in [0.5, 0.6) is 0 Å². The molecular formula is C18H16. The molecule has 18 heavy (non-hydrogen) atoms. The Hall–Kier alpha value is -2.30. The van der Waals surface area contributed by atoms with E-state index >= 15 is 0 Å². The van der Waals surface area contributed by atoms with Gasteiger partial charge in [-0.3, -0.25) is 0 Å². The van der Waals surface area contributed by atoms with Crippen molar-refractivity contribution in [3.63, 3.8) is 0 Å². The summed E-state index contributed by atoms with van der Waals surface area (Å²) in [5, 5.41) is 0. The first kappa shape index (κ1) is 12.2. The van der Waals surface area contributed by atoms with Gasteiger partial charge >= 0.3 is 0 Å². The first-order chi connectivity index (χ1) is 8.90. The molecule has 0 spiro atoms. The highest BCUT2D eigenvalue weighted by Crippen LogP contribution is 2.19. The predicted octanol–water partition coefficient (Wildman–Crippen LogP) is 4.82. The van der Waals surface area contributed by atoms with E-state index in [0.29, 0.717) is 0 Å². The maximum absolute atomic E-state index is 3.67. The minimum atomic E-state index is 0.226. The minimum absolute atomic E-state index is 0.226. The molecular weight excluding hydrogens is 216 g/mol. The average molecular weight is 232 g/mol. The lowest BCUT2D eigenvalue weighted by atomic mass is 9.98. The molecule has 1 atom stereocenters. The second-order valence-electron chi connectivity index (χ2n) is 4.08. The summed E-state index contributed by atoms with van der Waals surface area (Å²) in [5.74, 6) is 0.226. The van der Waals surface area contributed by atoms with Gasteiger partial charge in [0.1, 0.15) is 0 Å². The zero-order valence-corrected chi connectivity index (χ0v) is 10.3. The molecule has 0 aliphatic rings. The molecule has 0 aromatic heterocycles. The normalized spacial score (nSPS) is 12.0. The Bertz CT molecular complexity index is 543. The quantitative estimate of drug-likeness (QED) is 0.663. The smallest absolute Gasteiger partial charge is 0.0277 e. The second-order valence-corrected chi connectivity index (χ2v) is 4.08. The van der Waals surface area contributed by atoms with Crippen molar-refractivity contribution in [3.8, 4) is 0 Å². The number of hydrogen-bond donors (Lipinski definition) is 0. The Labute approximate surface area is 109 Å². The molecule has 0 radical (unpaired) electrons. The number of hydrogen-bond acceptors (Lipinski definition) is 0. The van der Waals surface area contributed by atoms with Crippen LogP contribution in [0, 0.1) is 0 Å². The Balaban J connectivity index is 2.22. The Morgan fingerprint density at radius 2 is 1.50 bits per heavy atom. The SMILES string of the molecule is C=C=CC(/C=C/c1ccccc1)c1ccccc1. The van der Waals surface area contributed by atoms with Crippen LogP contribution in [0.25, 0.3) is 6.08 Å². The van der Waals surface area contributed by atoms with Crippen LogP contribution >= 0.6 is 0 Å². The lowest BCUT2D eigenvalue weighted by Gasteiger charge is -2.06. The third-order valence-corrected chi connectivity index (χ3v) is 2.78. The molecule has 2 aromatic rings. The highest BCUT2D eigenvalue weighted by molar-refractivity contribution is 5.51. The summed E-state index contributed by atoms with van der Waals surface area (Å²) in [4.78, 5) is 0. The second kappa shape index (κ2) is 6.44. The molecule has 0 amide bonds. The average Bonchev–Trinajstić information content (AvgIpc) is 2.45. The molecule has 2 aromatic carbocycles. The van der Waals surface area contributed by atoms with Crippen molar-refractivity contribution in [1.29, 1.82) is 0 Å². The van der Waals surface area contributed by atoms with E-state index in [9.17, 15) is 0 Å². The summed E-state index contributed by atoms with van der Waals surface area (Å²) >= 11 is 0. The molecule has 0 aliphatic heterocycles. The molecule has 0 aliphatic carbocycles. The van der Waals surface area contributed by atoms with Gasteiger partial charge in [0.2, 0.25) is 0 Å². The molecule has 0 saturated heterocycles. The fourth-order valence-corrected chi connectivity index (χ4v) is 1.84. The zero-order valence-electron chi connectivity index (χ0n) is 10.3. The van der Waals surface area contributed by atoms with Crippen molar-refractivity contribution in [1.82, 2.24) is 0 Å². The monoisotopic (exact) mass is 232 g/mol. The minimum Gasteiger partial charge on any atom is -0.132 e. The van der Waals surface area contributed by atoms with Crippen LogP contribution in [0.4, 0.5) is 0 Å². The van der Waals surface area contributed by atoms with Gasteiger partial charge in [0.05, 0.1) is 0 Å². The van der Waals surface area contributed by atoms with E-state index in [4.69, 9.17) is 0 Å². The van der Waals surface area contributed by atoms with Crippen molar-refractivity contribution in [3.05, 3.63) is 96.3 Å². The molecule has 0 nitrogen and oxygen atoms in total. The summed E-state index contributed by atoms with van der Waals surface area (Å²) < 4.78 is 0. The van der Waals surface area contributed by atoms with Gasteiger partial charge in [-0.25, -0.2) is 0 Å². The van der Waals surface area contributed by atoms with E-state index in [-0.39, 0.29) is 5.92 Å². The van der Waals surface area contributed by atoms with Gasteiger partial charge in [0, 0.05) is 5.92 Å². The number of benzene rings is 2. The fourth-order valence-electron chi connectivity index (χ4n) is 1.84. The lowest BCUT2D eigenvalue weighted by molar-refractivity contribution is 1.09. The summed E-state index contributed by atoms with van der Waals surface area (Å²) in [5.41, 5.74) is 5.33. The highest BCUT2D eigenvalue weighted by Gasteiger charge is 2.02. The molecule has 0 heteroatoms. The Kier molecular flexibility index (Phi) is 4.35. The fraction of sp³-hybridized carbons (Fsp3) is 0.0556. The van der Waals surface area contributed by atoms with E-state index in [1.807, 2.05) is 30.3 Å². The van der Waals surface area contributed by atoms with E-state index in [1.54, 1.807) is 0 Å². The van der Waals surface area contributed by atoms with Gasteiger partial charge in [-0.1, -0.05) is 79.4 Å². The molecule has 2 rings (SSSR count). The van der Waals surface area contributed by atoms with Crippen LogP contribution in [-0.2, 0) is 0 Å². The van der Waals surface area contributed by atoms with Crippen LogP contribution in [0.1, 0.15) is 17.0 Å². The third-order valence-electron chi connectivity index (χ3n) is 2.78. The van der Waals surface area contributed by atoms with Crippen LogP contribution < -0.4 is 0 Å². The van der Waals surface area contributed by atoms with Crippen LogP contribution in [0.3, 0.4) is 0 Å². The summed E-state index contributed by atoms with van der Waals surface area (Å²) in [6.45, 7) is 3.67. The van der Waals surface area contributed by atoms with Gasteiger partial charge in [0.15, 0.2) is 0 Å². The van der Waals surface area contributed by atoms with Crippen molar-refractivity contribution < 1.29 is 0 Å². The van der Waals surface area contributed by atoms with E-state index in [1.165, 1.54) is 11.1 Å². The first-order valence-corrected chi connectivity index (χ1v) is 6.04. The van der Waals surface area contributed by atoms with E-state index in [0.717, 1.165) is 0 Å². The van der Waals surface area contributed by atoms with Crippen molar-refractivity contribution in [2.45, 2.75) is 5.92 Å². The van der Waals surface area contributed by atoms with Crippen LogP contribution in [-0.4, -0.2) is 0 Å². The van der Waals surface area contributed by atoms with Gasteiger partial charge < -0.3 is 0 Å². The number of allylic oxidation sites excluding steroid dienone is 2. The molecule has 0 fully saturated rings. The zero-order chi connectivity index (χ0) is 12.6. The van der Waals surface area contributed by atoms with Crippen LogP contribution in [0.2, 0.25) is 0 Å². The maximum Gasteiger partial charge on any atom is 0.0277 e. The summed E-state index contributed by atoms with van der Waals surface area (Å²) in [7, 11) is 0. The standard InChI is InChI=1S/C18H16/c1-2-9-17(18-12-7-4-8-13-18)15-14-16-10-5-3-6-11-16/h3-15,17H,1H2/b15-14+. The molecule has 88 valence electrons. The third kappa shape index (κ3) is 3.35. The van der Waals surface area contributed by atoms with Crippen LogP contribution in [0.15, 0.2) is 85.1 Å². The molecule has 0 heterocycles. The van der Waals surface area contributed by atoms with Gasteiger partial charge in [-0.15, -0.1) is 5.73 Å².